The maximum Gasteiger partial charge on any atom is 0.220 e. The number of nitrogens with one attached hydrogen (secondary N) is 1. The minimum Gasteiger partial charge on any atom is -0.352 e. The van der Waals surface area contributed by atoms with E-state index in [1.807, 2.05) is 0 Å². The molecule has 0 radical (unpaired) electrons. The van der Waals surface area contributed by atoms with Crippen molar-refractivity contribution in [1.29, 1.82) is 0 Å². The summed E-state index contributed by atoms with van der Waals surface area (Å²) in [5.41, 5.74) is 3.75. The monoisotopic (exact) mass is 372 g/mol. The predicted molar refractivity (Wildman–Crippen MR) is 115 cm³/mol. The normalized spacial score (nSPS) is 14.4. The van der Waals surface area contributed by atoms with Crippen molar-refractivity contribution >= 4 is 16.7 Å². The van der Waals surface area contributed by atoms with Gasteiger partial charge in [0.15, 0.2) is 0 Å². The number of hydrogen-bond acceptors (Lipinski definition) is 2. The van der Waals surface area contributed by atoms with E-state index in [-0.39, 0.29) is 5.91 Å². The summed E-state index contributed by atoms with van der Waals surface area (Å²) in [7, 11) is 0. The van der Waals surface area contributed by atoms with Crippen LogP contribution in [0.15, 0.2) is 66.7 Å². The molecule has 1 amide bonds. The number of likely N-dealkylation sites (tertiary alicyclic amines) is 1. The Bertz CT molecular complexity index is 921. The van der Waals surface area contributed by atoms with Crippen LogP contribution in [-0.2, 0) is 24.3 Å². The smallest absolute Gasteiger partial charge is 0.220 e. The van der Waals surface area contributed by atoms with E-state index in [0.717, 1.165) is 18.5 Å². The van der Waals surface area contributed by atoms with Crippen LogP contribution in [-0.4, -0.2) is 23.9 Å². The molecule has 1 aliphatic heterocycles. The summed E-state index contributed by atoms with van der Waals surface area (Å²) in [6.45, 7) is 4.07. The maximum atomic E-state index is 12.3. The van der Waals surface area contributed by atoms with Gasteiger partial charge in [0, 0.05) is 19.5 Å². The van der Waals surface area contributed by atoms with E-state index in [1.165, 1.54) is 47.8 Å². The lowest BCUT2D eigenvalue weighted by Crippen LogP contribution is -2.23. The van der Waals surface area contributed by atoms with Crippen molar-refractivity contribution in [2.45, 2.75) is 38.8 Å². The highest BCUT2D eigenvalue weighted by atomic mass is 16.1. The van der Waals surface area contributed by atoms with Gasteiger partial charge in [-0.25, -0.2) is 0 Å². The molecule has 0 aliphatic carbocycles. The number of carbonyl (C=O) groups excluding carboxylic acids is 1. The fourth-order valence-corrected chi connectivity index (χ4v) is 4.01. The lowest BCUT2D eigenvalue weighted by Gasteiger charge is -2.14. The molecule has 0 saturated carbocycles. The summed E-state index contributed by atoms with van der Waals surface area (Å²) >= 11 is 0. The number of fused-ring (bicyclic) bond motifs is 1. The summed E-state index contributed by atoms with van der Waals surface area (Å²) in [5.74, 6) is 0.106. The van der Waals surface area contributed by atoms with Gasteiger partial charge in [-0.1, -0.05) is 66.7 Å². The molecule has 3 nitrogen and oxygen atoms in total. The average molecular weight is 373 g/mol. The number of benzene rings is 3. The van der Waals surface area contributed by atoms with Crippen molar-refractivity contribution < 1.29 is 4.79 Å². The van der Waals surface area contributed by atoms with Gasteiger partial charge in [-0.2, -0.15) is 0 Å². The van der Waals surface area contributed by atoms with E-state index in [9.17, 15) is 4.79 Å². The van der Waals surface area contributed by atoms with E-state index in [4.69, 9.17) is 0 Å². The van der Waals surface area contributed by atoms with E-state index in [1.54, 1.807) is 0 Å². The Balaban J connectivity index is 1.26. The molecule has 1 N–H and O–H groups in total. The molecule has 0 aromatic heterocycles. The molecule has 28 heavy (non-hydrogen) atoms. The first-order chi connectivity index (χ1) is 13.8. The van der Waals surface area contributed by atoms with Gasteiger partial charge in [-0.05, 0) is 59.8 Å². The highest BCUT2D eigenvalue weighted by Gasteiger charge is 2.11. The van der Waals surface area contributed by atoms with Crippen LogP contribution >= 0.6 is 0 Å². The second kappa shape index (κ2) is 9.03. The zero-order chi connectivity index (χ0) is 19.2. The summed E-state index contributed by atoms with van der Waals surface area (Å²) in [5, 5.41) is 5.53. The number of rotatable bonds is 7. The van der Waals surface area contributed by atoms with Crippen molar-refractivity contribution in [2.24, 2.45) is 0 Å². The van der Waals surface area contributed by atoms with E-state index in [2.05, 4.69) is 76.9 Å². The van der Waals surface area contributed by atoms with Gasteiger partial charge >= 0.3 is 0 Å². The molecule has 1 aliphatic rings. The van der Waals surface area contributed by atoms with Crippen LogP contribution in [0.1, 0.15) is 36.0 Å². The third-order valence-electron chi connectivity index (χ3n) is 5.62. The molecule has 0 spiro atoms. The Kier molecular flexibility index (Phi) is 6.03. The van der Waals surface area contributed by atoms with Crippen LogP contribution in [0.25, 0.3) is 10.8 Å². The third kappa shape index (κ3) is 4.79. The number of aryl methyl sites for hydroxylation is 1. The molecular weight excluding hydrogens is 344 g/mol. The fourth-order valence-electron chi connectivity index (χ4n) is 4.01. The third-order valence-corrected chi connectivity index (χ3v) is 5.62. The first kappa shape index (κ1) is 18.7. The van der Waals surface area contributed by atoms with Gasteiger partial charge in [-0.3, -0.25) is 9.69 Å². The van der Waals surface area contributed by atoms with Gasteiger partial charge in [0.1, 0.15) is 0 Å². The SMILES string of the molecule is O=C(CCc1cccc2ccccc12)NCc1ccc(CN2CCCC2)cc1. The first-order valence-electron chi connectivity index (χ1n) is 10.3. The molecule has 3 heteroatoms. The van der Waals surface area contributed by atoms with E-state index >= 15 is 0 Å². The Hall–Kier alpha value is -2.65. The standard InChI is InChI=1S/C25H28N2O/c28-25(15-14-23-8-5-7-22-6-1-2-9-24(22)23)26-18-20-10-12-21(13-11-20)19-27-16-3-4-17-27/h1-2,5-13H,3-4,14-19H2,(H,26,28). The van der Waals surface area contributed by atoms with Crippen LogP contribution < -0.4 is 5.32 Å². The number of carbonyl (C=O) groups is 1. The molecule has 0 bridgehead atoms. The van der Waals surface area contributed by atoms with Crippen LogP contribution in [0.5, 0.6) is 0 Å². The zero-order valence-electron chi connectivity index (χ0n) is 16.4. The second-order valence-corrected chi connectivity index (χ2v) is 7.71. The van der Waals surface area contributed by atoms with E-state index < -0.39 is 0 Å². The van der Waals surface area contributed by atoms with Gasteiger partial charge in [0.05, 0.1) is 0 Å². The van der Waals surface area contributed by atoms with Gasteiger partial charge in [0.2, 0.25) is 5.91 Å². The first-order valence-corrected chi connectivity index (χ1v) is 10.3. The Morgan fingerprint density at radius 1 is 0.857 bits per heavy atom. The summed E-state index contributed by atoms with van der Waals surface area (Å²) in [6.07, 6.45) is 3.93. The molecule has 4 rings (SSSR count). The maximum absolute atomic E-state index is 12.3. The highest BCUT2D eigenvalue weighted by Crippen LogP contribution is 2.19. The van der Waals surface area contributed by atoms with Crippen molar-refractivity contribution in [1.82, 2.24) is 10.2 Å². The predicted octanol–water partition coefficient (Wildman–Crippen LogP) is 4.68. The molecule has 1 fully saturated rings. The van der Waals surface area contributed by atoms with Crippen LogP contribution in [0, 0.1) is 0 Å². The van der Waals surface area contributed by atoms with Crippen molar-refractivity contribution in [2.75, 3.05) is 13.1 Å². The molecule has 144 valence electrons. The number of hydrogen-bond donors (Lipinski definition) is 1. The molecule has 0 unspecified atom stereocenters. The minimum absolute atomic E-state index is 0.106. The lowest BCUT2D eigenvalue weighted by atomic mass is 10.0. The highest BCUT2D eigenvalue weighted by molar-refractivity contribution is 5.86. The summed E-state index contributed by atoms with van der Waals surface area (Å²) < 4.78 is 0. The van der Waals surface area contributed by atoms with Crippen molar-refractivity contribution in [3.8, 4) is 0 Å². The van der Waals surface area contributed by atoms with Crippen molar-refractivity contribution in [3.63, 3.8) is 0 Å². The van der Waals surface area contributed by atoms with Crippen molar-refractivity contribution in [3.05, 3.63) is 83.4 Å². The average Bonchev–Trinajstić information content (AvgIpc) is 3.25. The van der Waals surface area contributed by atoms with Crippen LogP contribution in [0.3, 0.4) is 0 Å². The zero-order valence-corrected chi connectivity index (χ0v) is 16.4. The Labute approximate surface area is 167 Å². The molecule has 3 aromatic carbocycles. The van der Waals surface area contributed by atoms with Gasteiger partial charge in [-0.15, -0.1) is 0 Å². The number of amides is 1. The van der Waals surface area contributed by atoms with Crippen LogP contribution in [0.2, 0.25) is 0 Å². The minimum atomic E-state index is 0.106. The quantitative estimate of drug-likeness (QED) is 0.653. The Morgan fingerprint density at radius 2 is 1.57 bits per heavy atom. The van der Waals surface area contributed by atoms with Gasteiger partial charge < -0.3 is 5.32 Å². The van der Waals surface area contributed by atoms with Crippen LogP contribution in [0.4, 0.5) is 0 Å². The lowest BCUT2D eigenvalue weighted by molar-refractivity contribution is -0.121. The molecular formula is C25H28N2O. The fraction of sp³-hybridized carbons (Fsp3) is 0.320. The molecule has 1 saturated heterocycles. The molecule has 0 atom stereocenters. The second-order valence-electron chi connectivity index (χ2n) is 7.71. The Morgan fingerprint density at radius 3 is 2.39 bits per heavy atom. The molecule has 3 aromatic rings. The van der Waals surface area contributed by atoms with E-state index in [0.29, 0.717) is 13.0 Å². The summed E-state index contributed by atoms with van der Waals surface area (Å²) in [4.78, 5) is 14.8. The van der Waals surface area contributed by atoms with Gasteiger partial charge in [0.25, 0.3) is 0 Å². The summed E-state index contributed by atoms with van der Waals surface area (Å²) in [6, 6.07) is 23.3. The largest absolute Gasteiger partial charge is 0.352 e. The molecule has 1 heterocycles. The topological polar surface area (TPSA) is 32.3 Å². The number of nitrogens with zero attached hydrogens (tertiary/aromatic N) is 1.